The van der Waals surface area contributed by atoms with Crippen LogP contribution in [-0.2, 0) is 10.0 Å². The highest BCUT2D eigenvalue weighted by molar-refractivity contribution is 7.89. The third-order valence-electron chi connectivity index (χ3n) is 4.04. The van der Waals surface area contributed by atoms with Gasteiger partial charge < -0.3 is 5.73 Å². The van der Waals surface area contributed by atoms with Gasteiger partial charge in [-0.05, 0) is 43.4 Å². The van der Waals surface area contributed by atoms with E-state index in [0.29, 0.717) is 23.0 Å². The zero-order chi connectivity index (χ0) is 14.8. The van der Waals surface area contributed by atoms with Crippen LogP contribution in [0.4, 0.5) is 0 Å². The van der Waals surface area contributed by atoms with E-state index >= 15 is 0 Å². The molecule has 0 saturated heterocycles. The molecule has 7 heteroatoms. The van der Waals surface area contributed by atoms with Crippen LogP contribution in [-0.4, -0.2) is 21.0 Å². The Morgan fingerprint density at radius 3 is 2.57 bits per heavy atom. The van der Waals surface area contributed by atoms with Gasteiger partial charge in [-0.25, -0.2) is 13.1 Å². The van der Waals surface area contributed by atoms with Gasteiger partial charge in [-0.1, -0.05) is 30.5 Å². The number of hydrogen-bond donors (Lipinski definition) is 2. The summed E-state index contributed by atoms with van der Waals surface area (Å²) >= 11 is 6.00. The first-order valence-electron chi connectivity index (χ1n) is 6.93. The summed E-state index contributed by atoms with van der Waals surface area (Å²) < 4.78 is 27.8. The minimum Gasteiger partial charge on any atom is -0.329 e. The van der Waals surface area contributed by atoms with E-state index in [1.54, 1.807) is 25.1 Å². The van der Waals surface area contributed by atoms with E-state index in [4.69, 9.17) is 17.3 Å². The van der Waals surface area contributed by atoms with E-state index in [9.17, 15) is 8.42 Å². The Labute approximate surface area is 137 Å². The number of halogens is 2. The summed E-state index contributed by atoms with van der Waals surface area (Å²) in [7, 11) is -3.58. The van der Waals surface area contributed by atoms with Crippen molar-refractivity contribution in [1.29, 1.82) is 0 Å². The standard InChI is InChI=1S/C14H21ClN2O2S.ClH/c1-10-12(15)7-4-8-14(10)20(18,19)17-13(9-16)11-5-2-3-6-11;/h4,7-8,11,13,17H,2-3,5-6,9,16H2,1H3;1H. The Morgan fingerprint density at radius 1 is 1.38 bits per heavy atom. The van der Waals surface area contributed by atoms with E-state index in [2.05, 4.69) is 4.72 Å². The van der Waals surface area contributed by atoms with Crippen LogP contribution in [0, 0.1) is 12.8 Å². The van der Waals surface area contributed by atoms with E-state index in [0.717, 1.165) is 25.7 Å². The van der Waals surface area contributed by atoms with Crippen molar-refractivity contribution in [3.8, 4) is 0 Å². The number of sulfonamides is 1. The molecule has 0 spiro atoms. The predicted octanol–water partition coefficient (Wildman–Crippen LogP) is 2.87. The minimum absolute atomic E-state index is 0. The van der Waals surface area contributed by atoms with Gasteiger partial charge >= 0.3 is 0 Å². The molecule has 1 fully saturated rings. The topological polar surface area (TPSA) is 72.2 Å². The first-order chi connectivity index (χ1) is 9.45. The number of nitrogens with two attached hydrogens (primary N) is 1. The first-order valence-corrected chi connectivity index (χ1v) is 8.79. The maximum absolute atomic E-state index is 12.5. The molecule has 3 N–H and O–H groups in total. The number of nitrogens with one attached hydrogen (secondary N) is 1. The van der Waals surface area contributed by atoms with Crippen LogP contribution in [0.5, 0.6) is 0 Å². The third kappa shape index (κ3) is 4.33. The van der Waals surface area contributed by atoms with Gasteiger partial charge in [0.05, 0.1) is 4.90 Å². The van der Waals surface area contributed by atoms with Gasteiger partial charge in [-0.3, -0.25) is 0 Å². The Balaban J connectivity index is 0.00000220. The van der Waals surface area contributed by atoms with Gasteiger partial charge in [0.2, 0.25) is 10.0 Å². The number of benzene rings is 1. The van der Waals surface area contributed by atoms with Crippen molar-refractivity contribution in [2.24, 2.45) is 11.7 Å². The highest BCUT2D eigenvalue weighted by Crippen LogP contribution is 2.29. The lowest BCUT2D eigenvalue weighted by Gasteiger charge is -2.23. The fraction of sp³-hybridized carbons (Fsp3) is 0.571. The van der Waals surface area contributed by atoms with Gasteiger partial charge in [-0.15, -0.1) is 12.4 Å². The van der Waals surface area contributed by atoms with Crippen molar-refractivity contribution in [2.45, 2.75) is 43.5 Å². The number of rotatable bonds is 5. The van der Waals surface area contributed by atoms with Crippen LogP contribution in [0.25, 0.3) is 0 Å². The van der Waals surface area contributed by atoms with Gasteiger partial charge in [0, 0.05) is 17.6 Å². The molecule has 0 aromatic heterocycles. The molecule has 1 aromatic carbocycles. The van der Waals surface area contributed by atoms with Crippen LogP contribution < -0.4 is 10.5 Å². The average Bonchev–Trinajstić information content (AvgIpc) is 2.93. The summed E-state index contributed by atoms with van der Waals surface area (Å²) in [6, 6.07) is 4.72. The van der Waals surface area contributed by atoms with Gasteiger partial charge in [0.15, 0.2) is 0 Å². The Hall–Kier alpha value is -0.330. The van der Waals surface area contributed by atoms with Crippen molar-refractivity contribution in [1.82, 2.24) is 4.72 Å². The third-order valence-corrected chi connectivity index (χ3v) is 6.08. The highest BCUT2D eigenvalue weighted by atomic mass is 35.5. The quantitative estimate of drug-likeness (QED) is 0.855. The average molecular weight is 353 g/mol. The van der Waals surface area contributed by atoms with Crippen LogP contribution in [0.3, 0.4) is 0 Å². The molecule has 1 atom stereocenters. The molecule has 1 saturated carbocycles. The Bertz CT molecular complexity index is 572. The molecule has 4 nitrogen and oxygen atoms in total. The molecule has 0 aliphatic heterocycles. The van der Waals surface area contributed by atoms with Crippen molar-refractivity contribution in [3.05, 3.63) is 28.8 Å². The monoisotopic (exact) mass is 352 g/mol. The summed E-state index contributed by atoms with van der Waals surface area (Å²) in [6.07, 6.45) is 4.38. The summed E-state index contributed by atoms with van der Waals surface area (Å²) in [5.41, 5.74) is 6.33. The summed E-state index contributed by atoms with van der Waals surface area (Å²) in [5, 5.41) is 0.457. The lowest BCUT2D eigenvalue weighted by Crippen LogP contribution is -2.44. The molecule has 0 radical (unpaired) electrons. The van der Waals surface area contributed by atoms with E-state index in [1.807, 2.05) is 0 Å². The molecule has 120 valence electrons. The minimum atomic E-state index is -3.58. The van der Waals surface area contributed by atoms with E-state index in [-0.39, 0.29) is 23.3 Å². The van der Waals surface area contributed by atoms with Crippen molar-refractivity contribution in [3.63, 3.8) is 0 Å². The molecular weight excluding hydrogens is 331 g/mol. The second kappa shape index (κ2) is 7.79. The zero-order valence-electron chi connectivity index (χ0n) is 12.0. The summed E-state index contributed by atoms with van der Waals surface area (Å²) in [4.78, 5) is 0.237. The first kappa shape index (κ1) is 18.7. The molecule has 0 amide bonds. The predicted molar refractivity (Wildman–Crippen MR) is 88.6 cm³/mol. The van der Waals surface area contributed by atoms with Crippen LogP contribution in [0.1, 0.15) is 31.2 Å². The van der Waals surface area contributed by atoms with Crippen molar-refractivity contribution >= 4 is 34.0 Å². The smallest absolute Gasteiger partial charge is 0.241 e. The van der Waals surface area contributed by atoms with Gasteiger partial charge in [-0.2, -0.15) is 0 Å². The van der Waals surface area contributed by atoms with Gasteiger partial charge in [0.1, 0.15) is 0 Å². The summed E-state index contributed by atoms with van der Waals surface area (Å²) in [5.74, 6) is 0.342. The molecule has 1 aliphatic carbocycles. The van der Waals surface area contributed by atoms with Crippen LogP contribution in [0.2, 0.25) is 5.02 Å². The molecular formula is C14H22Cl2N2O2S. The Kier molecular flexibility index (Phi) is 6.94. The summed E-state index contributed by atoms with van der Waals surface area (Å²) in [6.45, 7) is 2.04. The molecule has 1 aliphatic rings. The SMILES string of the molecule is Cc1c(Cl)cccc1S(=O)(=O)NC(CN)C1CCCC1.Cl. The highest BCUT2D eigenvalue weighted by Gasteiger charge is 2.29. The molecule has 1 unspecified atom stereocenters. The van der Waals surface area contributed by atoms with Crippen LogP contribution >= 0.6 is 24.0 Å². The second-order valence-corrected chi connectivity index (χ2v) is 7.46. The molecule has 21 heavy (non-hydrogen) atoms. The maximum Gasteiger partial charge on any atom is 0.241 e. The van der Waals surface area contributed by atoms with E-state index < -0.39 is 10.0 Å². The largest absolute Gasteiger partial charge is 0.329 e. The van der Waals surface area contributed by atoms with E-state index in [1.165, 1.54) is 0 Å². The second-order valence-electron chi connectivity index (χ2n) is 5.37. The molecule has 0 heterocycles. The number of hydrogen-bond acceptors (Lipinski definition) is 3. The normalized spacial score (nSPS) is 17.5. The molecule has 0 bridgehead atoms. The maximum atomic E-state index is 12.5. The van der Waals surface area contributed by atoms with Crippen molar-refractivity contribution in [2.75, 3.05) is 6.54 Å². The zero-order valence-corrected chi connectivity index (χ0v) is 14.4. The van der Waals surface area contributed by atoms with Gasteiger partial charge in [0.25, 0.3) is 0 Å². The lowest BCUT2D eigenvalue weighted by atomic mass is 9.99. The van der Waals surface area contributed by atoms with Crippen LogP contribution in [0.15, 0.2) is 23.1 Å². The lowest BCUT2D eigenvalue weighted by molar-refractivity contribution is 0.405. The fourth-order valence-corrected chi connectivity index (χ4v) is 4.65. The molecule has 2 rings (SSSR count). The Morgan fingerprint density at radius 2 is 2.00 bits per heavy atom. The molecule has 1 aromatic rings. The fourth-order valence-electron chi connectivity index (χ4n) is 2.84. The van der Waals surface area contributed by atoms with Crippen molar-refractivity contribution < 1.29 is 8.42 Å².